The summed E-state index contributed by atoms with van der Waals surface area (Å²) in [6, 6.07) is 15.1. The number of carbonyl (C=O) groups excluding carboxylic acids is 2. The second-order valence-corrected chi connectivity index (χ2v) is 7.22. The Morgan fingerprint density at radius 1 is 1.14 bits per heavy atom. The Balaban J connectivity index is 1.58. The quantitative estimate of drug-likeness (QED) is 0.861. The molecule has 1 heterocycles. The number of benzene rings is 2. The molecule has 1 aliphatic heterocycles. The van der Waals surface area contributed by atoms with Crippen LogP contribution in [0.15, 0.2) is 48.5 Å². The van der Waals surface area contributed by atoms with E-state index in [1.807, 2.05) is 32.0 Å². The minimum Gasteiger partial charge on any atom is -0.484 e. The van der Waals surface area contributed by atoms with Crippen LogP contribution in [0.4, 0.5) is 16.2 Å². The van der Waals surface area contributed by atoms with Crippen molar-refractivity contribution in [2.45, 2.75) is 32.7 Å². The summed E-state index contributed by atoms with van der Waals surface area (Å²) in [6.07, 6.45) is 1.96. The predicted octanol–water partition coefficient (Wildman–Crippen LogP) is 3.60. The van der Waals surface area contributed by atoms with Crippen LogP contribution in [0, 0.1) is 0 Å². The molecule has 0 aliphatic carbocycles. The lowest BCUT2D eigenvalue weighted by Crippen LogP contribution is -2.40. The van der Waals surface area contributed by atoms with E-state index in [4.69, 9.17) is 4.74 Å². The third kappa shape index (κ3) is 4.63. The molecule has 0 radical (unpaired) electrons. The van der Waals surface area contributed by atoms with Crippen molar-refractivity contribution in [1.29, 1.82) is 0 Å². The molecule has 28 heavy (non-hydrogen) atoms. The Hall–Kier alpha value is -3.02. The number of anilines is 2. The zero-order valence-electron chi connectivity index (χ0n) is 16.6. The highest BCUT2D eigenvalue weighted by atomic mass is 16.5. The van der Waals surface area contributed by atoms with E-state index in [2.05, 4.69) is 11.4 Å². The molecule has 0 aromatic heterocycles. The molecule has 6 nitrogen and oxygen atoms in total. The van der Waals surface area contributed by atoms with Crippen molar-refractivity contribution < 1.29 is 14.3 Å². The van der Waals surface area contributed by atoms with Gasteiger partial charge in [0.25, 0.3) is 5.91 Å². The van der Waals surface area contributed by atoms with Gasteiger partial charge in [-0.15, -0.1) is 0 Å². The van der Waals surface area contributed by atoms with E-state index in [1.165, 1.54) is 5.56 Å². The molecular formula is C22H27N3O3. The van der Waals surface area contributed by atoms with Crippen LogP contribution in [0.1, 0.15) is 25.8 Å². The molecule has 148 valence electrons. The number of nitrogens with one attached hydrogen (secondary N) is 1. The van der Waals surface area contributed by atoms with Gasteiger partial charge in [-0.25, -0.2) is 4.79 Å². The number of rotatable bonds is 5. The van der Waals surface area contributed by atoms with Crippen molar-refractivity contribution in [2.75, 3.05) is 30.0 Å². The molecule has 0 unspecified atom stereocenters. The average Bonchev–Trinajstić information content (AvgIpc) is 2.71. The van der Waals surface area contributed by atoms with Gasteiger partial charge in [0.1, 0.15) is 5.75 Å². The SMILES string of the molecule is CC(C)NC(=O)N(C)c1ccc(OCC(=O)N2CCCc3ccccc32)cc1. The number of hydrogen-bond acceptors (Lipinski definition) is 3. The zero-order chi connectivity index (χ0) is 20.1. The summed E-state index contributed by atoms with van der Waals surface area (Å²) >= 11 is 0. The Kier molecular flexibility index (Phi) is 6.19. The molecule has 2 aromatic carbocycles. The predicted molar refractivity (Wildman–Crippen MR) is 111 cm³/mol. The van der Waals surface area contributed by atoms with Gasteiger partial charge in [-0.05, 0) is 62.6 Å². The molecule has 1 N–H and O–H groups in total. The van der Waals surface area contributed by atoms with Crippen molar-refractivity contribution in [3.05, 3.63) is 54.1 Å². The molecule has 3 amide bonds. The lowest BCUT2D eigenvalue weighted by molar-refractivity contribution is -0.120. The first-order chi connectivity index (χ1) is 13.5. The summed E-state index contributed by atoms with van der Waals surface area (Å²) in [4.78, 5) is 28.0. The monoisotopic (exact) mass is 381 g/mol. The summed E-state index contributed by atoms with van der Waals surface area (Å²) in [5.74, 6) is 0.546. The van der Waals surface area contributed by atoms with E-state index in [0.717, 1.165) is 24.2 Å². The molecular weight excluding hydrogens is 354 g/mol. The molecule has 0 fully saturated rings. The fraction of sp³-hybridized carbons (Fsp3) is 0.364. The van der Waals surface area contributed by atoms with Crippen molar-refractivity contribution in [3.8, 4) is 5.75 Å². The molecule has 3 rings (SSSR count). The van der Waals surface area contributed by atoms with Gasteiger partial charge >= 0.3 is 6.03 Å². The first kappa shape index (κ1) is 19.7. The Labute approximate surface area is 166 Å². The minimum absolute atomic E-state index is 0.0165. The van der Waals surface area contributed by atoms with E-state index in [-0.39, 0.29) is 24.6 Å². The summed E-state index contributed by atoms with van der Waals surface area (Å²) in [7, 11) is 1.71. The number of urea groups is 1. The highest BCUT2D eigenvalue weighted by molar-refractivity contribution is 5.95. The van der Waals surface area contributed by atoms with Crippen LogP contribution in [0.2, 0.25) is 0 Å². The van der Waals surface area contributed by atoms with Crippen LogP contribution in [0.25, 0.3) is 0 Å². The largest absolute Gasteiger partial charge is 0.484 e. The number of nitrogens with zero attached hydrogens (tertiary/aromatic N) is 2. The number of para-hydroxylation sites is 1. The maximum absolute atomic E-state index is 12.6. The van der Waals surface area contributed by atoms with Crippen molar-refractivity contribution in [3.63, 3.8) is 0 Å². The van der Waals surface area contributed by atoms with Gasteiger partial charge in [0.2, 0.25) is 0 Å². The molecule has 0 saturated heterocycles. The molecule has 0 saturated carbocycles. The smallest absolute Gasteiger partial charge is 0.321 e. The lowest BCUT2D eigenvalue weighted by Gasteiger charge is -2.29. The highest BCUT2D eigenvalue weighted by Gasteiger charge is 2.22. The van der Waals surface area contributed by atoms with Gasteiger partial charge in [0.05, 0.1) is 0 Å². The van der Waals surface area contributed by atoms with E-state index in [0.29, 0.717) is 12.3 Å². The van der Waals surface area contributed by atoms with Crippen molar-refractivity contribution in [2.24, 2.45) is 0 Å². The summed E-state index contributed by atoms with van der Waals surface area (Å²) in [5, 5.41) is 2.85. The third-order valence-corrected chi connectivity index (χ3v) is 4.71. The Morgan fingerprint density at radius 2 is 1.86 bits per heavy atom. The van der Waals surface area contributed by atoms with E-state index in [1.54, 1.807) is 41.1 Å². The number of aryl methyl sites for hydroxylation is 1. The molecule has 1 aliphatic rings. The normalized spacial score (nSPS) is 13.1. The zero-order valence-corrected chi connectivity index (χ0v) is 16.6. The fourth-order valence-corrected chi connectivity index (χ4v) is 3.24. The Bertz CT molecular complexity index is 833. The van der Waals surface area contributed by atoms with Gasteiger partial charge in [-0.3, -0.25) is 9.69 Å². The Morgan fingerprint density at radius 3 is 2.57 bits per heavy atom. The van der Waals surface area contributed by atoms with Gasteiger partial charge in [-0.1, -0.05) is 18.2 Å². The molecule has 6 heteroatoms. The molecule has 0 atom stereocenters. The standard InChI is InChI=1S/C22H27N3O3/c1-16(2)23-22(27)24(3)18-10-12-19(13-11-18)28-15-21(26)25-14-6-8-17-7-4-5-9-20(17)25/h4-5,7,9-13,16H,6,8,14-15H2,1-3H3,(H,23,27). The third-order valence-electron chi connectivity index (χ3n) is 4.71. The second kappa shape index (κ2) is 8.78. The van der Waals surface area contributed by atoms with Gasteiger partial charge in [0.15, 0.2) is 6.61 Å². The molecule has 0 bridgehead atoms. The number of hydrogen-bond donors (Lipinski definition) is 1. The van der Waals surface area contributed by atoms with E-state index < -0.39 is 0 Å². The highest BCUT2D eigenvalue weighted by Crippen LogP contribution is 2.27. The number of carbonyl (C=O) groups is 2. The summed E-state index contributed by atoms with van der Waals surface area (Å²) in [6.45, 7) is 4.53. The topological polar surface area (TPSA) is 61.9 Å². The summed E-state index contributed by atoms with van der Waals surface area (Å²) < 4.78 is 5.69. The maximum Gasteiger partial charge on any atom is 0.321 e. The number of amides is 3. The van der Waals surface area contributed by atoms with Crippen LogP contribution in [-0.2, 0) is 11.2 Å². The van der Waals surface area contributed by atoms with Crippen LogP contribution in [0.3, 0.4) is 0 Å². The van der Waals surface area contributed by atoms with E-state index in [9.17, 15) is 9.59 Å². The lowest BCUT2D eigenvalue weighted by atomic mass is 10.0. The minimum atomic E-state index is -0.164. The van der Waals surface area contributed by atoms with Gasteiger partial charge in [0, 0.05) is 31.0 Å². The van der Waals surface area contributed by atoms with Crippen LogP contribution in [-0.4, -0.2) is 38.2 Å². The first-order valence-corrected chi connectivity index (χ1v) is 9.61. The molecule has 0 spiro atoms. The second-order valence-electron chi connectivity index (χ2n) is 7.22. The summed E-state index contributed by atoms with van der Waals surface area (Å²) in [5.41, 5.74) is 2.94. The average molecular weight is 381 g/mol. The van der Waals surface area contributed by atoms with Crippen LogP contribution >= 0.6 is 0 Å². The van der Waals surface area contributed by atoms with Gasteiger partial charge in [-0.2, -0.15) is 0 Å². The van der Waals surface area contributed by atoms with Crippen LogP contribution in [0.5, 0.6) is 5.75 Å². The number of ether oxygens (including phenoxy) is 1. The molecule has 2 aromatic rings. The van der Waals surface area contributed by atoms with E-state index >= 15 is 0 Å². The maximum atomic E-state index is 12.6. The fourth-order valence-electron chi connectivity index (χ4n) is 3.24. The first-order valence-electron chi connectivity index (χ1n) is 9.61. The number of fused-ring (bicyclic) bond motifs is 1. The van der Waals surface area contributed by atoms with Crippen LogP contribution < -0.4 is 19.9 Å². The van der Waals surface area contributed by atoms with Gasteiger partial charge < -0.3 is 15.0 Å². The van der Waals surface area contributed by atoms with Crippen molar-refractivity contribution in [1.82, 2.24) is 5.32 Å². The van der Waals surface area contributed by atoms with Crippen molar-refractivity contribution >= 4 is 23.3 Å².